The molecule has 5 aliphatic heterocycles. The molecule has 2 bridgehead atoms. The summed E-state index contributed by atoms with van der Waals surface area (Å²) in [5.74, 6) is -11.4. The van der Waals surface area contributed by atoms with Gasteiger partial charge in [-0.3, -0.25) is 14.1 Å². The summed E-state index contributed by atoms with van der Waals surface area (Å²) >= 11 is 0. The summed E-state index contributed by atoms with van der Waals surface area (Å²) in [6, 6.07) is 4.81. The third-order valence-corrected chi connectivity index (χ3v) is 20.8. The second-order valence-electron chi connectivity index (χ2n) is 28.0. The van der Waals surface area contributed by atoms with E-state index in [0.29, 0.717) is 43.5 Å². The second-order valence-corrected chi connectivity index (χ2v) is 29.1. The summed E-state index contributed by atoms with van der Waals surface area (Å²) < 4.78 is 98.4. The highest BCUT2D eigenvalue weighted by Crippen LogP contribution is 2.42. The van der Waals surface area contributed by atoms with E-state index in [4.69, 9.17) is 47.4 Å². The molecule has 14 N–H and O–H groups in total. The Bertz CT molecular complexity index is 2880. The van der Waals surface area contributed by atoms with Crippen molar-refractivity contribution < 1.29 is 145 Å². The average molecular weight is 1450 g/mol. The fourth-order valence-corrected chi connectivity index (χ4v) is 14.7. The Labute approximate surface area is 584 Å². The van der Waals surface area contributed by atoms with Gasteiger partial charge in [0, 0.05) is 76.0 Å². The molecular formula is C68H111NO30S. The Morgan fingerprint density at radius 2 is 1.41 bits per heavy atom. The molecule has 0 aromatic heterocycles. The molecule has 6 rings (SSSR count). The quantitative estimate of drug-likeness (QED) is 0.0293. The molecule has 29 atom stereocenters. The molecule has 31 nitrogen and oxygen atoms in total. The van der Waals surface area contributed by atoms with Gasteiger partial charge in [-0.2, -0.15) is 8.42 Å². The van der Waals surface area contributed by atoms with E-state index in [-0.39, 0.29) is 56.9 Å². The summed E-state index contributed by atoms with van der Waals surface area (Å²) in [6.45, 7) is 13.6. The summed E-state index contributed by atoms with van der Waals surface area (Å²) in [4.78, 5) is 52.0. The number of carbonyl (C=O) groups is 4. The molecule has 100 heavy (non-hydrogen) atoms. The van der Waals surface area contributed by atoms with Crippen molar-refractivity contribution in [1.82, 2.24) is 0 Å². The molecule has 574 valence electrons. The van der Waals surface area contributed by atoms with Crippen LogP contribution in [0.25, 0.3) is 0 Å². The number of aliphatic hydroxyl groups excluding tert-OH is 10. The SMILES string of the molecule is CCC(OC1CC(OC(=O)c2ccc(NC)c(OC3CCC(O)C(C)O3)c2)C(OC)C(C)O1)C(C)C(O)C(C)C(O)C(C)C1OC(=O)/C=C/CC(O)CC(O)CCCCC(C)C(O)C(O)C2(O)OC(CC(OC(=O)CC(=O)O)CC(O)CCCC(O)C3OC3C1C)CC(OS(=O)(=O)O)C2O. The first kappa shape index (κ1) is 84.6. The van der Waals surface area contributed by atoms with Crippen molar-refractivity contribution in [3.63, 3.8) is 0 Å². The zero-order valence-electron chi connectivity index (χ0n) is 58.7. The highest BCUT2D eigenvalue weighted by atomic mass is 32.3. The largest absolute Gasteiger partial charge is 0.481 e. The predicted molar refractivity (Wildman–Crippen MR) is 352 cm³/mol. The number of anilines is 1. The van der Waals surface area contributed by atoms with Crippen LogP contribution in [0.5, 0.6) is 5.75 Å². The van der Waals surface area contributed by atoms with Gasteiger partial charge in [-0.15, -0.1) is 0 Å². The molecule has 5 aliphatic rings. The third kappa shape index (κ3) is 24.1. The number of aliphatic hydroxyl groups is 11. The Hall–Kier alpha value is -4.37. The lowest BCUT2D eigenvalue weighted by Gasteiger charge is -2.48. The average Bonchev–Trinajstić information content (AvgIpc) is 1.08. The standard InChI is InChI=1S/C68H111NO30S/c1-11-49(93-57-31-51(63(89-10)39(8)91-57)95-67(84)40-22-23-46(69-9)50(26-40)94-56-25-24-47(73)38(7)90-56)34(3)59(80)35(4)60(81)36(5)61-37(6)62-64(97-62)48(74)20-14-18-43(72)28-44(92-55(78)32-53(75)76)29-45-30-52(99-100(86,87)88)65(82)68(85,98-45)66(83)58(79)33(2)16-12-13-17-41(70)27-42(71)19-15-21-54(77)96-61/h15,21-23,26,33-39,41-45,47-49,51-52,56-66,69-74,79-83,85H,11-14,16-20,24-25,27-32H2,1-10H3,(H,75,76)(H,86,87,88)/b21-15+. The summed E-state index contributed by atoms with van der Waals surface area (Å²) in [6.07, 6.45) is -25.8. The van der Waals surface area contributed by atoms with Crippen LogP contribution in [0.1, 0.15) is 175 Å². The first-order chi connectivity index (χ1) is 47.0. The zero-order chi connectivity index (χ0) is 74.2. The van der Waals surface area contributed by atoms with Crippen molar-refractivity contribution >= 4 is 40.0 Å². The number of rotatable bonds is 20. The molecule has 29 unspecified atom stereocenters. The Kier molecular flexibility index (Phi) is 32.6. The van der Waals surface area contributed by atoms with Gasteiger partial charge in [0.1, 0.15) is 61.0 Å². The number of cyclic esters (lactones) is 1. The molecule has 0 radical (unpaired) electrons. The number of fused-ring (bicyclic) bond motifs is 3. The zero-order valence-corrected chi connectivity index (χ0v) is 59.6. The first-order valence-electron chi connectivity index (χ1n) is 35.0. The Morgan fingerprint density at radius 1 is 0.740 bits per heavy atom. The van der Waals surface area contributed by atoms with E-state index >= 15 is 0 Å². The molecular weight excluding hydrogens is 1340 g/mol. The van der Waals surface area contributed by atoms with Crippen LogP contribution in [0.15, 0.2) is 30.4 Å². The minimum atomic E-state index is -5.37. The van der Waals surface area contributed by atoms with E-state index in [1.165, 1.54) is 20.1 Å². The van der Waals surface area contributed by atoms with Crippen LogP contribution in [0.3, 0.4) is 0 Å². The number of carboxylic acid groups (broad SMARTS) is 1. The fourth-order valence-electron chi connectivity index (χ4n) is 14.2. The van der Waals surface area contributed by atoms with E-state index < -0.39 is 236 Å². The van der Waals surface area contributed by atoms with Gasteiger partial charge in [-0.25, -0.2) is 13.8 Å². The third-order valence-electron chi connectivity index (χ3n) is 20.3. The van der Waals surface area contributed by atoms with Crippen LogP contribution < -0.4 is 10.1 Å². The van der Waals surface area contributed by atoms with Crippen molar-refractivity contribution in [3.05, 3.63) is 35.9 Å². The molecule has 0 amide bonds. The van der Waals surface area contributed by atoms with Gasteiger partial charge in [0.25, 0.3) is 0 Å². The van der Waals surface area contributed by atoms with E-state index in [0.717, 1.165) is 6.08 Å². The predicted octanol–water partition coefficient (Wildman–Crippen LogP) is 2.48. The molecule has 5 heterocycles. The number of ether oxygens (including phenoxy) is 10. The van der Waals surface area contributed by atoms with Crippen LogP contribution in [0.2, 0.25) is 0 Å². The number of esters is 3. The summed E-state index contributed by atoms with van der Waals surface area (Å²) in [7, 11) is -2.19. The van der Waals surface area contributed by atoms with Gasteiger partial charge in [0.05, 0.1) is 90.6 Å². The van der Waals surface area contributed by atoms with E-state index in [2.05, 4.69) is 9.50 Å². The topological polar surface area (TPSA) is 482 Å². The highest BCUT2D eigenvalue weighted by molar-refractivity contribution is 7.80. The number of carboxylic acids is 1. The maximum Gasteiger partial charge on any atom is 0.397 e. The minimum Gasteiger partial charge on any atom is -0.481 e. The number of nitrogens with one attached hydrogen (secondary N) is 1. The Morgan fingerprint density at radius 3 is 2.06 bits per heavy atom. The van der Waals surface area contributed by atoms with Gasteiger partial charge >= 0.3 is 34.3 Å². The number of hydrogen-bond acceptors (Lipinski definition) is 29. The van der Waals surface area contributed by atoms with E-state index in [9.17, 15) is 93.4 Å². The van der Waals surface area contributed by atoms with Crippen molar-refractivity contribution in [2.24, 2.45) is 29.6 Å². The van der Waals surface area contributed by atoms with E-state index in [1.807, 2.05) is 6.92 Å². The molecule has 0 spiro atoms. The maximum absolute atomic E-state index is 13.9. The van der Waals surface area contributed by atoms with Gasteiger partial charge in [0.15, 0.2) is 12.6 Å². The number of hydrogen-bond donors (Lipinski definition) is 14. The maximum atomic E-state index is 13.9. The van der Waals surface area contributed by atoms with E-state index in [1.54, 1.807) is 66.8 Å². The number of aliphatic carboxylic acids is 1. The number of epoxide rings is 1. The van der Waals surface area contributed by atoms with Gasteiger partial charge in [-0.1, -0.05) is 60.5 Å². The van der Waals surface area contributed by atoms with Crippen LogP contribution in [-0.2, 0) is 71.6 Å². The second kappa shape index (κ2) is 38.6. The number of carbonyl (C=O) groups excluding carboxylic acids is 3. The summed E-state index contributed by atoms with van der Waals surface area (Å²) in [5, 5.41) is 137. The van der Waals surface area contributed by atoms with Crippen molar-refractivity contribution in [1.29, 1.82) is 0 Å². The van der Waals surface area contributed by atoms with Crippen molar-refractivity contribution in [3.8, 4) is 5.75 Å². The van der Waals surface area contributed by atoms with Crippen LogP contribution in [0, 0.1) is 29.6 Å². The molecule has 1 aromatic rings. The monoisotopic (exact) mass is 1450 g/mol. The highest BCUT2D eigenvalue weighted by Gasteiger charge is 2.58. The summed E-state index contributed by atoms with van der Waals surface area (Å²) in [5.41, 5.74) is 0.776. The molecule has 0 saturated carbocycles. The lowest BCUT2D eigenvalue weighted by atomic mass is 9.77. The van der Waals surface area contributed by atoms with Gasteiger partial charge in [-0.05, 0) is 95.8 Å². The Balaban J connectivity index is 1.16. The molecule has 1 aromatic carbocycles. The van der Waals surface area contributed by atoms with Gasteiger partial charge in [0.2, 0.25) is 5.79 Å². The molecule has 4 saturated heterocycles. The number of benzene rings is 1. The lowest BCUT2D eigenvalue weighted by Crippen LogP contribution is -2.67. The fraction of sp³-hybridized carbons (Fsp3) is 0.824. The first-order valence-corrected chi connectivity index (χ1v) is 36.3. The van der Waals surface area contributed by atoms with Crippen LogP contribution >= 0.6 is 0 Å². The number of methoxy groups -OCH3 is 1. The van der Waals surface area contributed by atoms with Crippen LogP contribution in [-0.4, -0.2) is 259 Å². The van der Waals surface area contributed by atoms with Crippen molar-refractivity contribution in [2.45, 2.75) is 311 Å². The molecule has 32 heteroatoms. The normalized spacial score (nSPS) is 38.2. The van der Waals surface area contributed by atoms with Crippen LogP contribution in [0.4, 0.5) is 5.69 Å². The van der Waals surface area contributed by atoms with Crippen molar-refractivity contribution in [2.75, 3.05) is 19.5 Å². The molecule has 0 aliphatic carbocycles. The molecule has 4 fully saturated rings. The minimum absolute atomic E-state index is 0.00131. The van der Waals surface area contributed by atoms with Gasteiger partial charge < -0.3 is 114 Å². The smallest absolute Gasteiger partial charge is 0.397 e. The lowest BCUT2D eigenvalue weighted by molar-refractivity contribution is -0.364.